The lowest BCUT2D eigenvalue weighted by Crippen LogP contribution is -2.49. The second-order valence-electron chi connectivity index (χ2n) is 7.87. The van der Waals surface area contributed by atoms with Crippen molar-refractivity contribution in [3.05, 3.63) is 12.2 Å². The molecule has 0 unspecified atom stereocenters. The van der Waals surface area contributed by atoms with E-state index in [-0.39, 0.29) is 6.03 Å². The number of amides is 2. The molecule has 0 aromatic rings. The molecule has 0 bridgehead atoms. The van der Waals surface area contributed by atoms with Gasteiger partial charge in [-0.1, -0.05) is 12.2 Å². The van der Waals surface area contributed by atoms with E-state index in [4.69, 9.17) is 0 Å². The van der Waals surface area contributed by atoms with Crippen molar-refractivity contribution in [1.82, 2.24) is 20.0 Å². The van der Waals surface area contributed by atoms with Crippen LogP contribution < -0.4 is 5.32 Å². The number of carbonyl (C=O) groups excluding carboxylic acids is 1. The first-order chi connectivity index (χ1) is 11.7. The normalized spacial score (nSPS) is 27.4. The summed E-state index contributed by atoms with van der Waals surface area (Å²) in [5.41, 5.74) is 0. The van der Waals surface area contributed by atoms with Gasteiger partial charge in [-0.25, -0.2) is 4.79 Å². The molecular weight excluding hydrogens is 300 g/mol. The second-order valence-corrected chi connectivity index (χ2v) is 7.87. The summed E-state index contributed by atoms with van der Waals surface area (Å²) in [4.78, 5) is 19.4. The molecule has 2 heterocycles. The first-order valence-electron chi connectivity index (χ1n) is 9.79. The maximum atomic E-state index is 12.4. The first-order valence-corrected chi connectivity index (χ1v) is 9.79. The number of rotatable bonds is 4. The van der Waals surface area contributed by atoms with E-state index >= 15 is 0 Å². The van der Waals surface area contributed by atoms with Crippen molar-refractivity contribution in [3.8, 4) is 0 Å². The van der Waals surface area contributed by atoms with Crippen molar-refractivity contribution in [2.45, 2.75) is 32.1 Å². The zero-order valence-corrected chi connectivity index (χ0v) is 15.3. The Labute approximate surface area is 147 Å². The standard InChI is InChI=1S/C19H34N4O/c1-21-11-13-22(14-12-21)16-18-7-9-23(10-8-18)19(24)20-15-17-5-3-2-4-6-17/h2-3,17-18H,4-16H2,1H3,(H,20,24)/t17-/m0/s1. The second kappa shape index (κ2) is 8.86. The van der Waals surface area contributed by atoms with Gasteiger partial charge in [-0.3, -0.25) is 0 Å². The Hall–Kier alpha value is -1.07. The third kappa shape index (κ3) is 5.21. The lowest BCUT2D eigenvalue weighted by atomic mass is 9.94. The average molecular weight is 335 g/mol. The molecule has 0 aromatic heterocycles. The zero-order chi connectivity index (χ0) is 16.8. The maximum absolute atomic E-state index is 12.4. The van der Waals surface area contributed by atoms with Crippen LogP contribution in [0.25, 0.3) is 0 Å². The van der Waals surface area contributed by atoms with Crippen molar-refractivity contribution in [3.63, 3.8) is 0 Å². The summed E-state index contributed by atoms with van der Waals surface area (Å²) in [7, 11) is 2.21. The summed E-state index contributed by atoms with van der Waals surface area (Å²) in [6.07, 6.45) is 10.3. The lowest BCUT2D eigenvalue weighted by Gasteiger charge is -2.38. The van der Waals surface area contributed by atoms with Crippen molar-refractivity contribution < 1.29 is 4.79 Å². The van der Waals surface area contributed by atoms with Gasteiger partial charge in [0.2, 0.25) is 0 Å². The van der Waals surface area contributed by atoms with Gasteiger partial charge in [-0.05, 0) is 51.0 Å². The quantitative estimate of drug-likeness (QED) is 0.800. The zero-order valence-electron chi connectivity index (χ0n) is 15.3. The van der Waals surface area contributed by atoms with Gasteiger partial charge < -0.3 is 20.0 Å². The number of carbonyl (C=O) groups is 1. The molecule has 1 N–H and O–H groups in total. The van der Waals surface area contributed by atoms with E-state index in [1.165, 1.54) is 39.1 Å². The summed E-state index contributed by atoms with van der Waals surface area (Å²) in [5.74, 6) is 1.40. The average Bonchev–Trinajstić information content (AvgIpc) is 2.63. The molecule has 0 radical (unpaired) electrons. The molecule has 5 heteroatoms. The van der Waals surface area contributed by atoms with Gasteiger partial charge in [0.15, 0.2) is 0 Å². The maximum Gasteiger partial charge on any atom is 0.317 e. The van der Waals surface area contributed by atoms with Gasteiger partial charge in [0, 0.05) is 52.4 Å². The fourth-order valence-corrected chi connectivity index (χ4v) is 4.10. The summed E-state index contributed by atoms with van der Waals surface area (Å²) >= 11 is 0. The van der Waals surface area contributed by atoms with E-state index in [0.29, 0.717) is 5.92 Å². The summed E-state index contributed by atoms with van der Waals surface area (Å²) in [5, 5.41) is 3.16. The monoisotopic (exact) mass is 334 g/mol. The predicted octanol–water partition coefficient (Wildman–Crippen LogP) is 2.01. The van der Waals surface area contributed by atoms with Crippen LogP contribution in [-0.4, -0.2) is 80.1 Å². The van der Waals surface area contributed by atoms with Crippen LogP contribution in [0.3, 0.4) is 0 Å². The van der Waals surface area contributed by atoms with Crippen LogP contribution in [0.4, 0.5) is 4.79 Å². The van der Waals surface area contributed by atoms with Crippen LogP contribution >= 0.6 is 0 Å². The minimum atomic E-state index is 0.155. The fraction of sp³-hybridized carbons (Fsp3) is 0.842. The lowest BCUT2D eigenvalue weighted by molar-refractivity contribution is 0.111. The molecule has 0 aromatic carbocycles. The third-order valence-electron chi connectivity index (χ3n) is 5.93. The van der Waals surface area contributed by atoms with Gasteiger partial charge in [-0.15, -0.1) is 0 Å². The molecule has 136 valence electrons. The smallest absolute Gasteiger partial charge is 0.317 e. The Bertz CT molecular complexity index is 423. The van der Waals surface area contributed by atoms with Crippen LogP contribution in [0.5, 0.6) is 0 Å². The van der Waals surface area contributed by atoms with Crippen LogP contribution in [-0.2, 0) is 0 Å². The minimum Gasteiger partial charge on any atom is -0.338 e. The molecular formula is C19H34N4O. The fourth-order valence-electron chi connectivity index (χ4n) is 4.10. The van der Waals surface area contributed by atoms with Gasteiger partial charge >= 0.3 is 6.03 Å². The topological polar surface area (TPSA) is 38.8 Å². The molecule has 2 fully saturated rings. The molecule has 0 saturated carbocycles. The van der Waals surface area contributed by atoms with Crippen molar-refractivity contribution in [1.29, 1.82) is 0 Å². The van der Waals surface area contributed by atoms with E-state index < -0.39 is 0 Å². The number of nitrogens with zero attached hydrogens (tertiary/aromatic N) is 3. The highest BCUT2D eigenvalue weighted by atomic mass is 16.2. The van der Waals surface area contributed by atoms with Crippen molar-refractivity contribution in [2.75, 3.05) is 59.4 Å². The SMILES string of the molecule is CN1CCN(CC2CCN(C(=O)NC[C@H]3CC=CCC3)CC2)CC1. The Morgan fingerprint density at radius 2 is 1.75 bits per heavy atom. The molecule has 2 amide bonds. The molecule has 1 atom stereocenters. The number of piperazine rings is 1. The van der Waals surface area contributed by atoms with E-state index in [9.17, 15) is 4.79 Å². The van der Waals surface area contributed by atoms with Gasteiger partial charge in [0.05, 0.1) is 0 Å². The minimum absolute atomic E-state index is 0.155. The number of likely N-dealkylation sites (N-methyl/N-ethyl adjacent to an activating group) is 1. The van der Waals surface area contributed by atoms with E-state index in [1.54, 1.807) is 0 Å². The van der Waals surface area contributed by atoms with Crippen molar-refractivity contribution in [2.24, 2.45) is 11.8 Å². The van der Waals surface area contributed by atoms with Crippen LogP contribution in [0.15, 0.2) is 12.2 Å². The van der Waals surface area contributed by atoms with Crippen LogP contribution in [0.2, 0.25) is 0 Å². The number of urea groups is 1. The molecule has 24 heavy (non-hydrogen) atoms. The number of nitrogens with one attached hydrogen (secondary N) is 1. The number of allylic oxidation sites excluding steroid dienone is 2. The van der Waals surface area contributed by atoms with Gasteiger partial charge in [0.1, 0.15) is 0 Å². The van der Waals surface area contributed by atoms with Crippen molar-refractivity contribution >= 4 is 6.03 Å². The largest absolute Gasteiger partial charge is 0.338 e. The molecule has 2 aliphatic heterocycles. The summed E-state index contributed by atoms with van der Waals surface area (Å²) in [6, 6.07) is 0.155. The first kappa shape index (κ1) is 17.7. The Balaban J connectivity index is 1.32. The Kier molecular flexibility index (Phi) is 6.55. The Morgan fingerprint density at radius 1 is 1.00 bits per heavy atom. The third-order valence-corrected chi connectivity index (χ3v) is 5.93. The Morgan fingerprint density at radius 3 is 2.42 bits per heavy atom. The number of likely N-dealkylation sites (tertiary alicyclic amines) is 1. The number of hydrogen-bond acceptors (Lipinski definition) is 3. The highest BCUT2D eigenvalue weighted by molar-refractivity contribution is 5.74. The number of piperidine rings is 1. The molecule has 2 saturated heterocycles. The molecule has 0 spiro atoms. The van der Waals surface area contributed by atoms with Gasteiger partial charge in [0.25, 0.3) is 0 Å². The summed E-state index contributed by atoms with van der Waals surface area (Å²) in [6.45, 7) is 8.70. The van der Waals surface area contributed by atoms with E-state index in [2.05, 4.69) is 34.3 Å². The highest BCUT2D eigenvalue weighted by Crippen LogP contribution is 2.20. The predicted molar refractivity (Wildman–Crippen MR) is 98.1 cm³/mol. The summed E-state index contributed by atoms with van der Waals surface area (Å²) < 4.78 is 0. The van der Waals surface area contributed by atoms with Crippen LogP contribution in [0, 0.1) is 11.8 Å². The molecule has 3 aliphatic rings. The van der Waals surface area contributed by atoms with E-state index in [1.807, 2.05) is 4.90 Å². The molecule has 5 nitrogen and oxygen atoms in total. The molecule has 1 aliphatic carbocycles. The highest BCUT2D eigenvalue weighted by Gasteiger charge is 2.25. The van der Waals surface area contributed by atoms with Gasteiger partial charge in [-0.2, -0.15) is 0 Å². The molecule has 3 rings (SSSR count). The van der Waals surface area contributed by atoms with E-state index in [0.717, 1.165) is 51.2 Å². The van der Waals surface area contributed by atoms with Crippen LogP contribution in [0.1, 0.15) is 32.1 Å². The number of hydrogen-bond donors (Lipinski definition) is 1.